The lowest BCUT2D eigenvalue weighted by Crippen LogP contribution is -2.33. The van der Waals surface area contributed by atoms with Gasteiger partial charge in [0.05, 0.1) is 19.1 Å². The first-order chi connectivity index (χ1) is 16.0. The van der Waals surface area contributed by atoms with Gasteiger partial charge >= 0.3 is 11.9 Å². The summed E-state index contributed by atoms with van der Waals surface area (Å²) in [5.74, 6) is 0.376. The predicted molar refractivity (Wildman–Crippen MR) is 126 cm³/mol. The Morgan fingerprint density at radius 2 is 1.73 bits per heavy atom. The molecular formula is C26H30N2O5. The summed E-state index contributed by atoms with van der Waals surface area (Å²) in [4.78, 5) is 30.5. The third kappa shape index (κ3) is 5.73. The molecule has 1 aliphatic heterocycles. The molecule has 0 atom stereocenters. The second-order valence-corrected chi connectivity index (χ2v) is 8.35. The Bertz CT molecular complexity index is 1110. The Morgan fingerprint density at radius 1 is 1.00 bits per heavy atom. The minimum atomic E-state index is -0.376. The van der Waals surface area contributed by atoms with Crippen molar-refractivity contribution in [3.8, 4) is 11.5 Å². The average Bonchev–Trinajstić information content (AvgIpc) is 3.14. The maximum absolute atomic E-state index is 12.6. The smallest absolute Gasteiger partial charge is 0.338 e. The highest BCUT2D eigenvalue weighted by Gasteiger charge is 2.16. The molecule has 0 saturated carbocycles. The quantitative estimate of drug-likeness (QED) is 0.408. The van der Waals surface area contributed by atoms with Gasteiger partial charge in [-0.25, -0.2) is 4.79 Å². The number of ether oxygens (including phenoxy) is 3. The number of likely N-dealkylation sites (tertiary alicyclic amines) is 1. The number of nitrogens with one attached hydrogen (secondary N) is 1. The van der Waals surface area contributed by atoms with E-state index in [2.05, 4.69) is 9.88 Å². The van der Waals surface area contributed by atoms with Crippen LogP contribution in [0, 0.1) is 6.92 Å². The fraction of sp³-hybridized carbons (Fsp3) is 0.385. The molecule has 1 N–H and O–H groups in total. The molecule has 174 valence electrons. The first-order valence-corrected chi connectivity index (χ1v) is 11.4. The molecule has 1 saturated heterocycles. The summed E-state index contributed by atoms with van der Waals surface area (Å²) in [5.41, 5.74) is 3.17. The van der Waals surface area contributed by atoms with Crippen LogP contribution in [0.2, 0.25) is 0 Å². The molecule has 0 radical (unpaired) electrons. The molecule has 0 unspecified atom stereocenters. The number of carbonyl (C=O) groups is 2. The molecule has 0 aliphatic carbocycles. The molecule has 0 amide bonds. The lowest BCUT2D eigenvalue weighted by Gasteiger charge is -2.25. The fourth-order valence-corrected chi connectivity index (χ4v) is 4.22. The van der Waals surface area contributed by atoms with Gasteiger partial charge in [0, 0.05) is 23.1 Å². The van der Waals surface area contributed by atoms with E-state index in [0.29, 0.717) is 17.9 Å². The van der Waals surface area contributed by atoms with Crippen LogP contribution in [0.4, 0.5) is 0 Å². The van der Waals surface area contributed by atoms with Crippen LogP contribution in [0.15, 0.2) is 42.5 Å². The van der Waals surface area contributed by atoms with E-state index in [-0.39, 0.29) is 18.4 Å². The Morgan fingerprint density at radius 3 is 2.45 bits per heavy atom. The van der Waals surface area contributed by atoms with Gasteiger partial charge in [-0.1, -0.05) is 6.42 Å². The molecule has 7 nitrogen and oxygen atoms in total. The van der Waals surface area contributed by atoms with Gasteiger partial charge in [-0.2, -0.15) is 0 Å². The van der Waals surface area contributed by atoms with E-state index in [9.17, 15) is 9.59 Å². The predicted octanol–water partition coefficient (Wildman–Crippen LogP) is 4.28. The zero-order valence-corrected chi connectivity index (χ0v) is 19.2. The number of aromatic nitrogens is 1. The molecule has 33 heavy (non-hydrogen) atoms. The molecule has 3 aromatic rings. The minimum Gasteiger partial charge on any atom is -0.497 e. The number of carbonyl (C=O) groups excluding carboxylic acids is 2. The van der Waals surface area contributed by atoms with Crippen molar-refractivity contribution in [3.05, 3.63) is 59.3 Å². The molecule has 2 heterocycles. The van der Waals surface area contributed by atoms with Crippen molar-refractivity contribution in [2.45, 2.75) is 32.6 Å². The number of benzene rings is 2. The summed E-state index contributed by atoms with van der Waals surface area (Å²) < 4.78 is 16.2. The van der Waals surface area contributed by atoms with Gasteiger partial charge in [-0.3, -0.25) is 9.69 Å². The second kappa shape index (κ2) is 10.5. The first kappa shape index (κ1) is 22.9. The monoisotopic (exact) mass is 450 g/mol. The number of esters is 2. The van der Waals surface area contributed by atoms with Crippen molar-refractivity contribution in [1.82, 2.24) is 9.88 Å². The number of methoxy groups -OCH3 is 1. The zero-order chi connectivity index (χ0) is 23.2. The molecular weight excluding hydrogens is 420 g/mol. The summed E-state index contributed by atoms with van der Waals surface area (Å²) in [7, 11) is 1.61. The van der Waals surface area contributed by atoms with E-state index in [0.717, 1.165) is 47.5 Å². The highest BCUT2D eigenvalue weighted by Crippen LogP contribution is 2.27. The Kier molecular flexibility index (Phi) is 7.29. The average molecular weight is 451 g/mol. The van der Waals surface area contributed by atoms with E-state index < -0.39 is 0 Å². The van der Waals surface area contributed by atoms with Crippen LogP contribution in [-0.2, 0) is 16.0 Å². The second-order valence-electron chi connectivity index (χ2n) is 8.35. The minimum absolute atomic E-state index is 0.124. The van der Waals surface area contributed by atoms with Gasteiger partial charge in [0.15, 0.2) is 0 Å². The van der Waals surface area contributed by atoms with E-state index in [4.69, 9.17) is 14.2 Å². The van der Waals surface area contributed by atoms with Crippen molar-refractivity contribution in [2.24, 2.45) is 0 Å². The van der Waals surface area contributed by atoms with E-state index in [1.165, 1.54) is 19.3 Å². The van der Waals surface area contributed by atoms with Gasteiger partial charge in [-0.05, 0) is 80.9 Å². The number of aromatic amines is 1. The van der Waals surface area contributed by atoms with Crippen LogP contribution in [0.3, 0.4) is 0 Å². The Balaban J connectivity index is 1.31. The molecule has 0 bridgehead atoms. The van der Waals surface area contributed by atoms with Crippen LogP contribution >= 0.6 is 0 Å². The van der Waals surface area contributed by atoms with Gasteiger partial charge in [0.25, 0.3) is 0 Å². The van der Waals surface area contributed by atoms with E-state index in [1.54, 1.807) is 31.4 Å². The molecule has 1 aliphatic rings. The van der Waals surface area contributed by atoms with Gasteiger partial charge in [0.2, 0.25) is 0 Å². The summed E-state index contributed by atoms with van der Waals surface area (Å²) in [6.07, 6.45) is 3.83. The van der Waals surface area contributed by atoms with Crippen molar-refractivity contribution < 1.29 is 23.8 Å². The maximum Gasteiger partial charge on any atom is 0.338 e. The SMILES string of the molecule is COc1ccc2[nH]c(C)c(CC(=O)Oc3ccc(C(=O)OCCN4CCCCC4)cc3)c2c1. The molecule has 0 spiro atoms. The van der Waals surface area contributed by atoms with Crippen molar-refractivity contribution in [3.63, 3.8) is 0 Å². The molecule has 7 heteroatoms. The highest BCUT2D eigenvalue weighted by atomic mass is 16.5. The van der Waals surface area contributed by atoms with Crippen LogP contribution < -0.4 is 9.47 Å². The zero-order valence-electron chi connectivity index (χ0n) is 19.2. The summed E-state index contributed by atoms with van der Waals surface area (Å²) >= 11 is 0. The standard InChI is InChI=1S/C26H30N2O5/c1-18-22(23-16-21(31-2)10-11-24(23)27-18)17-25(29)33-20-8-6-19(7-9-20)26(30)32-15-14-28-12-4-3-5-13-28/h6-11,16,27H,3-5,12-15,17H2,1-2H3. The fourth-order valence-electron chi connectivity index (χ4n) is 4.22. The first-order valence-electron chi connectivity index (χ1n) is 11.4. The van der Waals surface area contributed by atoms with E-state index >= 15 is 0 Å². The van der Waals surface area contributed by atoms with Crippen molar-refractivity contribution in [2.75, 3.05) is 33.4 Å². The third-order valence-electron chi connectivity index (χ3n) is 6.06. The van der Waals surface area contributed by atoms with Crippen molar-refractivity contribution >= 4 is 22.8 Å². The van der Waals surface area contributed by atoms with Crippen molar-refractivity contribution in [1.29, 1.82) is 0 Å². The molecule has 2 aromatic carbocycles. The number of hydrogen-bond acceptors (Lipinski definition) is 6. The van der Waals surface area contributed by atoms with Crippen LogP contribution in [0.1, 0.15) is 40.9 Å². The highest BCUT2D eigenvalue weighted by molar-refractivity contribution is 5.91. The largest absolute Gasteiger partial charge is 0.497 e. The number of nitrogens with zero attached hydrogens (tertiary/aromatic N) is 1. The summed E-state index contributed by atoms with van der Waals surface area (Å²) in [6.45, 7) is 5.22. The van der Waals surface area contributed by atoms with Gasteiger partial charge in [-0.15, -0.1) is 0 Å². The number of hydrogen-bond donors (Lipinski definition) is 1. The number of rotatable bonds is 8. The molecule has 4 rings (SSSR count). The molecule has 1 fully saturated rings. The lowest BCUT2D eigenvalue weighted by molar-refractivity contribution is -0.133. The van der Waals surface area contributed by atoms with Crippen LogP contribution in [0.5, 0.6) is 11.5 Å². The number of piperidine rings is 1. The van der Waals surface area contributed by atoms with Gasteiger partial charge < -0.3 is 19.2 Å². The summed E-state index contributed by atoms with van der Waals surface area (Å²) in [5, 5.41) is 0.937. The maximum atomic E-state index is 12.6. The molecule has 1 aromatic heterocycles. The van der Waals surface area contributed by atoms with Gasteiger partial charge in [0.1, 0.15) is 18.1 Å². The normalized spacial score (nSPS) is 14.2. The van der Waals surface area contributed by atoms with E-state index in [1.807, 2.05) is 25.1 Å². The topological polar surface area (TPSA) is 80.9 Å². The Hall–Kier alpha value is -3.32. The Labute approximate surface area is 193 Å². The third-order valence-corrected chi connectivity index (χ3v) is 6.06. The number of aryl methyl sites for hydroxylation is 1. The summed E-state index contributed by atoms with van der Waals surface area (Å²) in [6, 6.07) is 12.2. The van der Waals surface area contributed by atoms with Crippen LogP contribution in [-0.4, -0.2) is 55.2 Å². The lowest BCUT2D eigenvalue weighted by atomic mass is 10.1. The number of H-pyrrole nitrogens is 1. The number of fused-ring (bicyclic) bond motifs is 1. The van der Waals surface area contributed by atoms with Crippen LogP contribution in [0.25, 0.3) is 10.9 Å².